The predicted octanol–water partition coefficient (Wildman–Crippen LogP) is 4.03. The smallest absolute Gasteiger partial charge is 0.222 e. The highest BCUT2D eigenvalue weighted by Gasteiger charge is 2.34. The molecule has 0 bridgehead atoms. The summed E-state index contributed by atoms with van der Waals surface area (Å²) in [4.78, 5) is 29.9. The number of nitrogens with two attached hydrogens (primary N) is 1. The Hall–Kier alpha value is -2.68. The molecule has 3 aromatic rings. The maximum Gasteiger partial charge on any atom is 0.222 e. The van der Waals surface area contributed by atoms with Crippen molar-refractivity contribution in [1.82, 2.24) is 25.2 Å². The Morgan fingerprint density at radius 3 is 2.58 bits per heavy atom. The summed E-state index contributed by atoms with van der Waals surface area (Å²) in [6.07, 6.45) is 9.96. The minimum absolute atomic E-state index is 0.0135. The molecule has 8 nitrogen and oxygen atoms in total. The van der Waals surface area contributed by atoms with E-state index in [9.17, 15) is 4.79 Å². The molecule has 1 aromatic carbocycles. The summed E-state index contributed by atoms with van der Waals surface area (Å²) in [7, 11) is 0. The van der Waals surface area contributed by atoms with Gasteiger partial charge in [-0.05, 0) is 69.0 Å². The minimum Gasteiger partial charge on any atom is -0.356 e. The molecule has 2 fully saturated rings. The number of nitrogens with zero attached hydrogens (tertiary/aromatic N) is 4. The van der Waals surface area contributed by atoms with Crippen LogP contribution in [0.5, 0.6) is 0 Å². The van der Waals surface area contributed by atoms with Gasteiger partial charge in [-0.3, -0.25) is 4.79 Å². The van der Waals surface area contributed by atoms with Crippen LogP contribution in [0.25, 0.3) is 11.0 Å². The highest BCUT2D eigenvalue weighted by atomic mass is 35.5. The average Bonchev–Trinajstić information content (AvgIpc) is 3.37. The molecule has 0 spiro atoms. The van der Waals surface area contributed by atoms with Gasteiger partial charge in [0, 0.05) is 42.8 Å². The summed E-state index contributed by atoms with van der Waals surface area (Å²) >= 11 is 6.12. The van der Waals surface area contributed by atoms with E-state index in [0.29, 0.717) is 11.4 Å². The number of carbonyl (C=O) groups excluding carboxylic acids is 1. The van der Waals surface area contributed by atoms with Crippen LogP contribution in [0.3, 0.4) is 0 Å². The molecule has 4 heterocycles. The molecule has 192 valence electrons. The number of benzene rings is 1. The van der Waals surface area contributed by atoms with E-state index in [1.165, 1.54) is 19.3 Å². The lowest BCUT2D eigenvalue weighted by Crippen LogP contribution is -2.53. The van der Waals surface area contributed by atoms with Gasteiger partial charge in [0.2, 0.25) is 5.91 Å². The number of aromatic nitrogens is 3. The highest BCUT2D eigenvalue weighted by molar-refractivity contribution is 6.30. The Morgan fingerprint density at radius 1 is 1.08 bits per heavy atom. The average molecular weight is 510 g/mol. The number of fused-ring (bicyclic) bond motifs is 1. The summed E-state index contributed by atoms with van der Waals surface area (Å²) in [5.74, 6) is 0.938. The van der Waals surface area contributed by atoms with Crippen LogP contribution >= 0.6 is 11.6 Å². The predicted molar refractivity (Wildman–Crippen MR) is 144 cm³/mol. The van der Waals surface area contributed by atoms with Crippen molar-refractivity contribution in [3.05, 3.63) is 53.4 Å². The molecule has 0 radical (unpaired) electrons. The molecule has 5 rings (SSSR count). The van der Waals surface area contributed by atoms with E-state index in [1.54, 1.807) is 6.33 Å². The second kappa shape index (κ2) is 11.2. The van der Waals surface area contributed by atoms with Gasteiger partial charge < -0.3 is 25.8 Å². The molecule has 2 aromatic heterocycles. The molecular weight excluding hydrogens is 474 g/mol. The first-order chi connectivity index (χ1) is 17.5. The van der Waals surface area contributed by atoms with E-state index in [2.05, 4.69) is 30.1 Å². The first-order valence-corrected chi connectivity index (χ1v) is 13.5. The van der Waals surface area contributed by atoms with E-state index in [0.717, 1.165) is 74.4 Å². The molecule has 1 amide bonds. The number of hydrogen-bond acceptors (Lipinski definition) is 6. The number of likely N-dealkylation sites (tertiary alicyclic amines) is 1. The van der Waals surface area contributed by atoms with Crippen molar-refractivity contribution >= 4 is 34.4 Å². The number of piperidine rings is 2. The van der Waals surface area contributed by atoms with Gasteiger partial charge in [-0.25, -0.2) is 9.97 Å². The molecule has 2 aliphatic heterocycles. The first-order valence-electron chi connectivity index (χ1n) is 13.1. The number of anilines is 1. The molecule has 2 aliphatic rings. The lowest BCUT2D eigenvalue weighted by molar-refractivity contribution is -0.123. The van der Waals surface area contributed by atoms with Gasteiger partial charge in [0.1, 0.15) is 17.8 Å². The van der Waals surface area contributed by atoms with E-state index in [4.69, 9.17) is 17.3 Å². The van der Waals surface area contributed by atoms with Crippen LogP contribution in [0.2, 0.25) is 5.02 Å². The van der Waals surface area contributed by atoms with Crippen LogP contribution in [0, 0.1) is 0 Å². The Labute approximate surface area is 217 Å². The normalized spacial score (nSPS) is 19.3. The number of H-pyrrole nitrogens is 1. The molecule has 9 heteroatoms. The number of aromatic amines is 1. The maximum atomic E-state index is 13.2. The summed E-state index contributed by atoms with van der Waals surface area (Å²) in [6.45, 7) is 4.78. The monoisotopic (exact) mass is 509 g/mol. The third kappa shape index (κ3) is 5.99. The van der Waals surface area contributed by atoms with Crippen LogP contribution in [0.15, 0.2) is 42.9 Å². The summed E-state index contributed by atoms with van der Waals surface area (Å²) in [5.41, 5.74) is 8.16. The van der Waals surface area contributed by atoms with Gasteiger partial charge in [-0.2, -0.15) is 0 Å². The zero-order valence-electron chi connectivity index (χ0n) is 20.8. The second-order valence-corrected chi connectivity index (χ2v) is 10.8. The van der Waals surface area contributed by atoms with E-state index >= 15 is 0 Å². The van der Waals surface area contributed by atoms with Crippen LogP contribution in [-0.2, 0) is 4.79 Å². The summed E-state index contributed by atoms with van der Waals surface area (Å²) in [5, 5.41) is 5.02. The zero-order chi connectivity index (χ0) is 25.0. The topological polar surface area (TPSA) is 103 Å². The molecule has 1 atom stereocenters. The number of hydrogen-bond donors (Lipinski definition) is 3. The number of amides is 1. The molecule has 0 saturated carbocycles. The van der Waals surface area contributed by atoms with Gasteiger partial charge in [0.05, 0.1) is 11.4 Å². The zero-order valence-corrected chi connectivity index (χ0v) is 21.5. The van der Waals surface area contributed by atoms with Crippen molar-refractivity contribution in [3.63, 3.8) is 0 Å². The van der Waals surface area contributed by atoms with Gasteiger partial charge in [-0.1, -0.05) is 30.2 Å². The SMILES string of the molecule is NC1(CC(=O)N[C@@H](CCN2CCCCC2)c2ccc(Cl)cc2)CCN(c2ncnc3[nH]ccc23)CC1. The van der Waals surface area contributed by atoms with Crippen molar-refractivity contribution in [2.24, 2.45) is 5.73 Å². The van der Waals surface area contributed by atoms with Crippen LogP contribution in [0.4, 0.5) is 5.82 Å². The third-order valence-electron chi connectivity index (χ3n) is 7.69. The van der Waals surface area contributed by atoms with Gasteiger partial charge in [-0.15, -0.1) is 0 Å². The Kier molecular flexibility index (Phi) is 7.74. The van der Waals surface area contributed by atoms with Gasteiger partial charge >= 0.3 is 0 Å². The third-order valence-corrected chi connectivity index (χ3v) is 7.95. The number of carbonyl (C=O) groups is 1. The van der Waals surface area contributed by atoms with Crippen molar-refractivity contribution in [2.75, 3.05) is 37.6 Å². The minimum atomic E-state index is -0.526. The van der Waals surface area contributed by atoms with Crippen molar-refractivity contribution in [3.8, 4) is 0 Å². The van der Waals surface area contributed by atoms with E-state index < -0.39 is 5.54 Å². The second-order valence-electron chi connectivity index (χ2n) is 10.3. The lowest BCUT2D eigenvalue weighted by Gasteiger charge is -2.39. The molecule has 2 saturated heterocycles. The van der Waals surface area contributed by atoms with Crippen molar-refractivity contribution in [2.45, 2.75) is 56.5 Å². The van der Waals surface area contributed by atoms with Gasteiger partial charge in [0.25, 0.3) is 0 Å². The van der Waals surface area contributed by atoms with E-state index in [-0.39, 0.29) is 11.9 Å². The fraction of sp³-hybridized carbons (Fsp3) is 0.519. The Bertz CT molecular complexity index is 1150. The van der Waals surface area contributed by atoms with Crippen LogP contribution < -0.4 is 16.0 Å². The van der Waals surface area contributed by atoms with E-state index in [1.807, 2.05) is 36.5 Å². The fourth-order valence-corrected chi connectivity index (χ4v) is 5.65. The van der Waals surface area contributed by atoms with Crippen LogP contribution in [-0.4, -0.2) is 64.0 Å². The molecule has 0 aliphatic carbocycles. The number of rotatable bonds is 8. The maximum absolute atomic E-state index is 13.2. The fourth-order valence-electron chi connectivity index (χ4n) is 5.53. The molecular formula is C27H36ClN7O. The largest absolute Gasteiger partial charge is 0.356 e. The Balaban J connectivity index is 1.19. The standard InChI is InChI=1S/C27H36ClN7O/c28-21-6-4-20(5-7-21)23(9-15-34-13-2-1-3-14-34)33-24(36)18-27(29)10-16-35(17-11-27)26-22-8-12-30-25(22)31-19-32-26/h4-8,12,19,23H,1-3,9-11,13-18,29H2,(H,33,36)(H,30,31,32)/t23-/m0/s1. The van der Waals surface area contributed by atoms with Crippen molar-refractivity contribution in [1.29, 1.82) is 0 Å². The van der Waals surface area contributed by atoms with Crippen LogP contribution in [0.1, 0.15) is 56.6 Å². The number of nitrogens with one attached hydrogen (secondary N) is 2. The summed E-state index contributed by atoms with van der Waals surface area (Å²) in [6, 6.07) is 9.77. The molecule has 36 heavy (non-hydrogen) atoms. The first kappa shape index (κ1) is 25.0. The lowest BCUT2D eigenvalue weighted by atomic mass is 9.85. The van der Waals surface area contributed by atoms with Gasteiger partial charge in [0.15, 0.2) is 0 Å². The van der Waals surface area contributed by atoms with Crippen molar-refractivity contribution < 1.29 is 4.79 Å². The highest BCUT2D eigenvalue weighted by Crippen LogP contribution is 2.30. The molecule has 4 N–H and O–H groups in total. The summed E-state index contributed by atoms with van der Waals surface area (Å²) < 4.78 is 0. The number of halogens is 1. The molecule has 0 unspecified atom stereocenters. The quantitative estimate of drug-likeness (QED) is 0.423. The Morgan fingerprint density at radius 2 is 1.83 bits per heavy atom.